The number of hydrazone groups is 1. The second kappa shape index (κ2) is 8.76. The highest BCUT2D eigenvalue weighted by Gasteiger charge is 2.13. The Morgan fingerprint density at radius 2 is 1.69 bits per heavy atom. The molecule has 0 saturated carbocycles. The first-order chi connectivity index (χ1) is 12.2. The number of nitrogens with zero attached hydrogens (tertiary/aromatic N) is 1. The summed E-state index contributed by atoms with van der Waals surface area (Å²) in [6.07, 6.45) is 1.56. The molecular weight excluding hydrogens is 395 g/mol. The van der Waals surface area contributed by atoms with Crippen molar-refractivity contribution in [2.24, 2.45) is 5.10 Å². The van der Waals surface area contributed by atoms with Crippen LogP contribution in [0.1, 0.15) is 31.9 Å². The third-order valence-electron chi connectivity index (χ3n) is 3.49. The average Bonchev–Trinajstić information content (AvgIpc) is 2.53. The van der Waals surface area contributed by atoms with E-state index in [9.17, 15) is 4.79 Å². The molecule has 0 aromatic heterocycles. The van der Waals surface area contributed by atoms with Gasteiger partial charge in [0.2, 0.25) is 0 Å². The van der Waals surface area contributed by atoms with Gasteiger partial charge in [0.15, 0.2) is 12.4 Å². The first-order valence-electron chi connectivity index (χ1n) is 7.86. The Balaban J connectivity index is 1.88. The van der Waals surface area contributed by atoms with Gasteiger partial charge in [0.1, 0.15) is 0 Å². The molecule has 138 valence electrons. The molecule has 0 radical (unpaired) electrons. The lowest BCUT2D eigenvalue weighted by Gasteiger charge is -2.18. The standard InChI is InChI=1S/C19H19Cl3N2O2/c1-19(2,3)13-6-4-12(5-7-13)10-23-24-17(25)11-26-18-15(21)8-14(20)9-16(18)22/h4-10H,11H2,1-3H3,(H,24,25)/b23-10+. The first-order valence-corrected chi connectivity index (χ1v) is 9.00. The molecule has 7 heteroatoms. The molecule has 2 aromatic rings. The van der Waals surface area contributed by atoms with Crippen molar-refractivity contribution in [3.63, 3.8) is 0 Å². The molecule has 0 aliphatic carbocycles. The molecule has 0 unspecified atom stereocenters. The van der Waals surface area contributed by atoms with E-state index in [1.807, 2.05) is 24.3 Å². The monoisotopic (exact) mass is 412 g/mol. The minimum Gasteiger partial charge on any atom is -0.481 e. The molecule has 0 saturated heterocycles. The van der Waals surface area contributed by atoms with Gasteiger partial charge in [0.05, 0.1) is 16.3 Å². The number of halogens is 3. The van der Waals surface area contributed by atoms with Crippen LogP contribution in [0.3, 0.4) is 0 Å². The third-order valence-corrected chi connectivity index (χ3v) is 4.27. The fourth-order valence-corrected chi connectivity index (χ4v) is 3.01. The quantitative estimate of drug-likeness (QED) is 0.521. The van der Waals surface area contributed by atoms with Crippen molar-refractivity contribution in [2.75, 3.05) is 6.61 Å². The summed E-state index contributed by atoms with van der Waals surface area (Å²) >= 11 is 17.8. The van der Waals surface area contributed by atoms with Crippen molar-refractivity contribution in [1.82, 2.24) is 5.43 Å². The van der Waals surface area contributed by atoms with Crippen LogP contribution in [0, 0.1) is 0 Å². The normalized spacial score (nSPS) is 11.6. The Morgan fingerprint density at radius 1 is 1.12 bits per heavy atom. The van der Waals surface area contributed by atoms with Gasteiger partial charge in [0.25, 0.3) is 5.91 Å². The molecule has 0 aliphatic heterocycles. The Morgan fingerprint density at radius 3 is 2.23 bits per heavy atom. The summed E-state index contributed by atoms with van der Waals surface area (Å²) < 4.78 is 5.33. The van der Waals surface area contributed by atoms with Crippen LogP contribution in [-0.4, -0.2) is 18.7 Å². The van der Waals surface area contributed by atoms with E-state index in [4.69, 9.17) is 39.5 Å². The van der Waals surface area contributed by atoms with Gasteiger partial charge in [-0.15, -0.1) is 0 Å². The summed E-state index contributed by atoms with van der Waals surface area (Å²) in [5.74, 6) is -0.232. The van der Waals surface area contributed by atoms with Crippen molar-refractivity contribution in [3.05, 3.63) is 62.6 Å². The molecule has 2 rings (SSSR count). The van der Waals surface area contributed by atoms with Gasteiger partial charge < -0.3 is 4.74 Å². The number of hydrogen-bond donors (Lipinski definition) is 1. The molecule has 0 spiro atoms. The number of amides is 1. The van der Waals surface area contributed by atoms with Crippen molar-refractivity contribution >= 4 is 46.9 Å². The van der Waals surface area contributed by atoms with Gasteiger partial charge in [-0.3, -0.25) is 4.79 Å². The predicted octanol–water partition coefficient (Wildman–Crippen LogP) is 5.47. The van der Waals surface area contributed by atoms with Crippen LogP contribution in [0.25, 0.3) is 0 Å². The van der Waals surface area contributed by atoms with Crippen molar-refractivity contribution < 1.29 is 9.53 Å². The highest BCUT2D eigenvalue weighted by atomic mass is 35.5. The molecular formula is C19H19Cl3N2O2. The van der Waals surface area contributed by atoms with Crippen molar-refractivity contribution in [3.8, 4) is 5.75 Å². The summed E-state index contributed by atoms with van der Waals surface area (Å²) in [4.78, 5) is 11.8. The number of carbonyl (C=O) groups is 1. The summed E-state index contributed by atoms with van der Waals surface area (Å²) in [6, 6.07) is 10.9. The number of nitrogens with one attached hydrogen (secondary N) is 1. The number of benzene rings is 2. The predicted molar refractivity (Wildman–Crippen MR) is 108 cm³/mol. The second-order valence-corrected chi connectivity index (χ2v) is 7.90. The van der Waals surface area contributed by atoms with Crippen LogP contribution < -0.4 is 10.2 Å². The van der Waals surface area contributed by atoms with Crippen LogP contribution in [0.5, 0.6) is 5.75 Å². The molecule has 2 aromatic carbocycles. The summed E-state index contributed by atoms with van der Waals surface area (Å²) in [5, 5.41) is 4.77. The van der Waals surface area contributed by atoms with Gasteiger partial charge in [-0.25, -0.2) is 5.43 Å². The Labute approximate surface area is 168 Å². The third kappa shape index (κ3) is 5.90. The largest absolute Gasteiger partial charge is 0.481 e. The lowest BCUT2D eigenvalue weighted by molar-refractivity contribution is -0.123. The van der Waals surface area contributed by atoms with Gasteiger partial charge in [-0.1, -0.05) is 79.8 Å². The van der Waals surface area contributed by atoms with E-state index in [0.29, 0.717) is 5.02 Å². The Kier molecular flexibility index (Phi) is 6.93. The molecule has 1 amide bonds. The minimum absolute atomic E-state index is 0.0887. The van der Waals surface area contributed by atoms with E-state index in [0.717, 1.165) is 5.56 Å². The highest BCUT2D eigenvalue weighted by Crippen LogP contribution is 2.35. The number of rotatable bonds is 5. The van der Waals surface area contributed by atoms with Crippen LogP contribution in [-0.2, 0) is 10.2 Å². The van der Waals surface area contributed by atoms with E-state index in [1.165, 1.54) is 17.7 Å². The van der Waals surface area contributed by atoms with E-state index in [1.54, 1.807) is 6.21 Å². The summed E-state index contributed by atoms with van der Waals surface area (Å²) in [6.45, 7) is 6.17. The fourth-order valence-electron chi connectivity index (χ4n) is 2.08. The zero-order valence-electron chi connectivity index (χ0n) is 14.6. The van der Waals surface area contributed by atoms with Crippen LogP contribution in [0.15, 0.2) is 41.5 Å². The van der Waals surface area contributed by atoms with Gasteiger partial charge in [0, 0.05) is 5.02 Å². The number of hydrogen-bond acceptors (Lipinski definition) is 3. The SMILES string of the molecule is CC(C)(C)c1ccc(/C=N/NC(=O)COc2c(Cl)cc(Cl)cc2Cl)cc1. The lowest BCUT2D eigenvalue weighted by Crippen LogP contribution is -2.24. The molecule has 0 aliphatic rings. The zero-order valence-corrected chi connectivity index (χ0v) is 16.9. The molecule has 0 heterocycles. The first kappa shape index (κ1) is 20.6. The smallest absolute Gasteiger partial charge is 0.277 e. The second-order valence-electron chi connectivity index (χ2n) is 6.65. The van der Waals surface area contributed by atoms with E-state index < -0.39 is 5.91 Å². The number of ether oxygens (including phenoxy) is 1. The van der Waals surface area contributed by atoms with E-state index >= 15 is 0 Å². The Hall–Kier alpha value is -1.75. The molecule has 26 heavy (non-hydrogen) atoms. The molecule has 4 nitrogen and oxygen atoms in total. The molecule has 0 bridgehead atoms. The number of carbonyl (C=O) groups excluding carboxylic acids is 1. The maximum absolute atomic E-state index is 11.8. The maximum Gasteiger partial charge on any atom is 0.277 e. The van der Waals surface area contributed by atoms with E-state index in [2.05, 4.69) is 31.3 Å². The summed E-state index contributed by atoms with van der Waals surface area (Å²) in [5.41, 5.74) is 4.58. The molecule has 0 fully saturated rings. The molecule has 0 atom stereocenters. The Bertz CT molecular complexity index is 790. The summed E-state index contributed by atoms with van der Waals surface area (Å²) in [7, 11) is 0. The highest BCUT2D eigenvalue weighted by molar-refractivity contribution is 6.40. The van der Waals surface area contributed by atoms with Crippen LogP contribution in [0.2, 0.25) is 15.1 Å². The van der Waals surface area contributed by atoms with Crippen molar-refractivity contribution in [1.29, 1.82) is 0 Å². The van der Waals surface area contributed by atoms with Gasteiger partial charge in [-0.05, 0) is 28.7 Å². The average molecular weight is 414 g/mol. The maximum atomic E-state index is 11.8. The minimum atomic E-state index is -0.436. The van der Waals surface area contributed by atoms with Gasteiger partial charge in [-0.2, -0.15) is 5.10 Å². The van der Waals surface area contributed by atoms with Crippen molar-refractivity contribution in [2.45, 2.75) is 26.2 Å². The van der Waals surface area contributed by atoms with Gasteiger partial charge >= 0.3 is 0 Å². The zero-order chi connectivity index (χ0) is 19.3. The topological polar surface area (TPSA) is 50.7 Å². The lowest BCUT2D eigenvalue weighted by atomic mass is 9.87. The van der Waals surface area contributed by atoms with E-state index in [-0.39, 0.29) is 27.8 Å². The van der Waals surface area contributed by atoms with Crippen LogP contribution >= 0.6 is 34.8 Å². The molecule has 1 N–H and O–H groups in total. The fraction of sp³-hybridized carbons (Fsp3) is 0.263. The van der Waals surface area contributed by atoms with Crippen LogP contribution in [0.4, 0.5) is 0 Å².